The van der Waals surface area contributed by atoms with Gasteiger partial charge in [-0.2, -0.15) is 4.31 Å². The molecule has 0 saturated carbocycles. The number of rotatable bonds is 4. The van der Waals surface area contributed by atoms with E-state index >= 15 is 0 Å². The van der Waals surface area contributed by atoms with Gasteiger partial charge in [0.15, 0.2) is 0 Å². The highest BCUT2D eigenvalue weighted by molar-refractivity contribution is 7.91. The first-order chi connectivity index (χ1) is 11.5. The van der Waals surface area contributed by atoms with Gasteiger partial charge in [0.05, 0.1) is 10.9 Å². The van der Waals surface area contributed by atoms with Gasteiger partial charge < -0.3 is 4.90 Å². The lowest BCUT2D eigenvalue weighted by molar-refractivity contribution is -0.131. The van der Waals surface area contributed by atoms with Crippen LogP contribution in [0.15, 0.2) is 16.3 Å². The fourth-order valence-electron chi connectivity index (χ4n) is 3.17. The summed E-state index contributed by atoms with van der Waals surface area (Å²) in [5.41, 5.74) is 0. The second-order valence-corrected chi connectivity index (χ2v) is 10.1. The molecule has 0 atom stereocenters. The monoisotopic (exact) mass is 391 g/mol. The van der Waals surface area contributed by atoms with Gasteiger partial charge in [0.1, 0.15) is 4.21 Å². The average molecular weight is 392 g/mol. The SMILES string of the molecule is O=C(CN1CCCN(S(=O)(=O)c2ccc(Cl)s2)CC1)N1CCCC1. The van der Waals surface area contributed by atoms with E-state index in [1.165, 1.54) is 4.31 Å². The Morgan fingerprint density at radius 3 is 2.46 bits per heavy atom. The molecule has 0 unspecified atom stereocenters. The van der Waals surface area contributed by atoms with E-state index in [1.54, 1.807) is 12.1 Å². The van der Waals surface area contributed by atoms with Gasteiger partial charge in [-0.1, -0.05) is 11.6 Å². The van der Waals surface area contributed by atoms with Crippen molar-refractivity contribution in [2.75, 3.05) is 45.8 Å². The lowest BCUT2D eigenvalue weighted by Crippen LogP contribution is -2.41. The molecule has 0 radical (unpaired) electrons. The summed E-state index contributed by atoms with van der Waals surface area (Å²) < 4.78 is 27.6. The average Bonchev–Trinajstić information content (AvgIpc) is 3.16. The summed E-state index contributed by atoms with van der Waals surface area (Å²) in [7, 11) is -3.49. The van der Waals surface area contributed by atoms with Crippen LogP contribution in [-0.2, 0) is 14.8 Å². The Kier molecular flexibility index (Phi) is 5.82. The minimum atomic E-state index is -3.49. The number of likely N-dealkylation sites (tertiary alicyclic amines) is 1. The zero-order chi connectivity index (χ0) is 17.2. The van der Waals surface area contributed by atoms with Gasteiger partial charge in [0.2, 0.25) is 5.91 Å². The standard InChI is InChI=1S/C15H22ClN3O3S2/c16-13-4-5-15(23-13)24(21,22)19-9-3-6-17(10-11-19)12-14(20)18-7-1-2-8-18/h4-5H,1-3,6-12H2. The lowest BCUT2D eigenvalue weighted by Gasteiger charge is -2.23. The van der Waals surface area contributed by atoms with Crippen LogP contribution in [0.4, 0.5) is 0 Å². The van der Waals surface area contributed by atoms with Crippen molar-refractivity contribution in [3.05, 3.63) is 16.5 Å². The van der Waals surface area contributed by atoms with Crippen LogP contribution in [0, 0.1) is 0 Å². The highest BCUT2D eigenvalue weighted by Gasteiger charge is 2.29. The third-order valence-electron chi connectivity index (χ3n) is 4.51. The first-order valence-electron chi connectivity index (χ1n) is 8.22. The maximum atomic E-state index is 12.7. The molecule has 0 bridgehead atoms. The summed E-state index contributed by atoms with van der Waals surface area (Å²) in [6.45, 7) is 4.31. The van der Waals surface area contributed by atoms with Crippen LogP contribution < -0.4 is 0 Å². The van der Waals surface area contributed by atoms with Crippen molar-refractivity contribution >= 4 is 38.9 Å². The lowest BCUT2D eigenvalue weighted by atomic mass is 10.3. The molecule has 2 aliphatic rings. The van der Waals surface area contributed by atoms with Crippen molar-refractivity contribution in [3.8, 4) is 0 Å². The molecule has 6 nitrogen and oxygen atoms in total. The van der Waals surface area contributed by atoms with Gasteiger partial charge in [0, 0.05) is 32.7 Å². The highest BCUT2D eigenvalue weighted by Crippen LogP contribution is 2.28. The van der Waals surface area contributed by atoms with E-state index in [4.69, 9.17) is 11.6 Å². The van der Waals surface area contributed by atoms with Gasteiger partial charge in [-0.05, 0) is 37.9 Å². The predicted octanol–water partition coefficient (Wildman–Crippen LogP) is 1.72. The van der Waals surface area contributed by atoms with Gasteiger partial charge in [-0.3, -0.25) is 9.69 Å². The molecule has 2 aliphatic heterocycles. The molecule has 0 aliphatic carbocycles. The number of hydrogen-bond donors (Lipinski definition) is 0. The summed E-state index contributed by atoms with van der Waals surface area (Å²) >= 11 is 6.95. The van der Waals surface area contributed by atoms with E-state index in [1.807, 2.05) is 4.90 Å². The second-order valence-electron chi connectivity index (χ2n) is 6.18. The number of hydrogen-bond acceptors (Lipinski definition) is 5. The third-order valence-corrected chi connectivity index (χ3v) is 8.11. The molecule has 1 aromatic rings. The maximum absolute atomic E-state index is 12.7. The normalized spacial score (nSPS) is 21.1. The van der Waals surface area contributed by atoms with E-state index in [9.17, 15) is 13.2 Å². The van der Waals surface area contributed by atoms with Crippen LogP contribution in [0.1, 0.15) is 19.3 Å². The molecule has 0 aromatic carbocycles. The Morgan fingerprint density at radius 1 is 1.04 bits per heavy atom. The molecule has 134 valence electrons. The smallest absolute Gasteiger partial charge is 0.252 e. The largest absolute Gasteiger partial charge is 0.342 e. The van der Waals surface area contributed by atoms with E-state index < -0.39 is 10.0 Å². The summed E-state index contributed by atoms with van der Waals surface area (Å²) in [6, 6.07) is 3.17. The number of carbonyl (C=O) groups excluding carboxylic acids is 1. The van der Waals surface area contributed by atoms with Crippen molar-refractivity contribution in [1.82, 2.24) is 14.1 Å². The van der Waals surface area contributed by atoms with Gasteiger partial charge in [0.25, 0.3) is 10.0 Å². The maximum Gasteiger partial charge on any atom is 0.252 e. The van der Waals surface area contributed by atoms with Crippen molar-refractivity contribution in [2.45, 2.75) is 23.5 Å². The molecule has 24 heavy (non-hydrogen) atoms. The first kappa shape index (κ1) is 18.1. The predicted molar refractivity (Wildman–Crippen MR) is 95.0 cm³/mol. The van der Waals surface area contributed by atoms with Crippen LogP contribution in [0.25, 0.3) is 0 Å². The Balaban J connectivity index is 1.59. The Morgan fingerprint density at radius 2 is 1.79 bits per heavy atom. The van der Waals surface area contributed by atoms with Gasteiger partial charge in [-0.15, -0.1) is 11.3 Å². The molecule has 1 aromatic heterocycles. The quantitative estimate of drug-likeness (QED) is 0.784. The minimum Gasteiger partial charge on any atom is -0.342 e. The molecule has 2 fully saturated rings. The zero-order valence-electron chi connectivity index (χ0n) is 13.5. The summed E-state index contributed by atoms with van der Waals surface area (Å²) in [5.74, 6) is 0.161. The van der Waals surface area contributed by atoms with Crippen LogP contribution in [0.2, 0.25) is 4.34 Å². The van der Waals surface area contributed by atoms with E-state index in [0.717, 1.165) is 50.2 Å². The molecule has 2 saturated heterocycles. The van der Waals surface area contributed by atoms with Crippen LogP contribution >= 0.6 is 22.9 Å². The van der Waals surface area contributed by atoms with Crippen LogP contribution in [0.3, 0.4) is 0 Å². The molecular weight excluding hydrogens is 370 g/mol. The summed E-state index contributed by atoms with van der Waals surface area (Å²) in [6.07, 6.45) is 2.90. The van der Waals surface area contributed by atoms with Crippen molar-refractivity contribution < 1.29 is 13.2 Å². The molecule has 0 spiro atoms. The van der Waals surface area contributed by atoms with Crippen molar-refractivity contribution in [3.63, 3.8) is 0 Å². The number of nitrogens with zero attached hydrogens (tertiary/aromatic N) is 3. The fourth-order valence-corrected chi connectivity index (χ4v) is 6.27. The van der Waals surface area contributed by atoms with Gasteiger partial charge >= 0.3 is 0 Å². The summed E-state index contributed by atoms with van der Waals surface area (Å²) in [5, 5.41) is 0. The number of amides is 1. The topological polar surface area (TPSA) is 60.9 Å². The van der Waals surface area contributed by atoms with Gasteiger partial charge in [-0.25, -0.2) is 8.42 Å². The second kappa shape index (κ2) is 7.70. The molecule has 0 N–H and O–H groups in total. The Hall–Kier alpha value is -0.670. The van der Waals surface area contributed by atoms with Crippen LogP contribution in [0.5, 0.6) is 0 Å². The fraction of sp³-hybridized carbons (Fsp3) is 0.667. The zero-order valence-corrected chi connectivity index (χ0v) is 15.9. The van der Waals surface area contributed by atoms with Crippen LogP contribution in [-0.4, -0.2) is 74.2 Å². The Labute approximate surface area is 152 Å². The summed E-state index contributed by atoms with van der Waals surface area (Å²) in [4.78, 5) is 16.2. The first-order valence-corrected chi connectivity index (χ1v) is 10.9. The molecule has 9 heteroatoms. The number of carbonyl (C=O) groups is 1. The van der Waals surface area contributed by atoms with Crippen molar-refractivity contribution in [2.24, 2.45) is 0 Å². The molecular formula is C15H22ClN3O3S2. The number of sulfonamides is 1. The third kappa shape index (κ3) is 4.11. The molecule has 3 heterocycles. The van der Waals surface area contributed by atoms with Crippen molar-refractivity contribution in [1.29, 1.82) is 0 Å². The number of halogens is 1. The molecule has 3 rings (SSSR count). The number of thiophene rings is 1. The minimum absolute atomic E-state index is 0.161. The molecule has 1 amide bonds. The Bertz CT molecular complexity index is 686. The highest BCUT2D eigenvalue weighted by atomic mass is 35.5. The van der Waals surface area contributed by atoms with E-state index in [2.05, 4.69) is 4.90 Å². The van der Waals surface area contributed by atoms with E-state index in [-0.39, 0.29) is 10.1 Å². The van der Waals surface area contributed by atoms with E-state index in [0.29, 0.717) is 30.5 Å².